The number of nitrogens with two attached hydrogens (primary N) is 1. The van der Waals surface area contributed by atoms with Crippen LogP contribution in [0.3, 0.4) is 0 Å². The third-order valence-electron chi connectivity index (χ3n) is 3.48. The zero-order valence-electron chi connectivity index (χ0n) is 11.2. The third kappa shape index (κ3) is 3.43. The minimum Gasteiger partial charge on any atom is -0.384 e. The van der Waals surface area contributed by atoms with Gasteiger partial charge in [0.25, 0.3) is 0 Å². The van der Waals surface area contributed by atoms with Gasteiger partial charge in [-0.3, -0.25) is 0 Å². The van der Waals surface area contributed by atoms with E-state index in [-0.39, 0.29) is 16.9 Å². The molecule has 3 N–H and O–H groups in total. The second kappa shape index (κ2) is 5.44. The number of nitrogens with one attached hydrogen (secondary N) is 1. The summed E-state index contributed by atoms with van der Waals surface area (Å²) in [5, 5.41) is 0. The monoisotopic (exact) mass is 284 g/mol. The number of piperidine rings is 1. The van der Waals surface area contributed by atoms with Gasteiger partial charge in [0, 0.05) is 18.8 Å². The fraction of sp³-hybridized carbons (Fsp3) is 0.583. The molecule has 2 unspecified atom stereocenters. The summed E-state index contributed by atoms with van der Waals surface area (Å²) in [5.41, 5.74) is 5.46. The highest BCUT2D eigenvalue weighted by Gasteiger charge is 2.28. The molecule has 106 valence electrons. The number of rotatable bonds is 3. The zero-order valence-corrected chi connectivity index (χ0v) is 12.0. The number of aromatic nitrogens is 1. The molecule has 7 heteroatoms. The van der Waals surface area contributed by atoms with Crippen molar-refractivity contribution >= 4 is 15.8 Å². The first-order valence-electron chi connectivity index (χ1n) is 6.31. The molecule has 1 aromatic heterocycles. The molecule has 0 bridgehead atoms. The summed E-state index contributed by atoms with van der Waals surface area (Å²) in [6.07, 6.45) is 2.11. The number of hydrogen-bond acceptors (Lipinski definition) is 5. The van der Waals surface area contributed by atoms with Gasteiger partial charge in [-0.25, -0.2) is 18.1 Å². The van der Waals surface area contributed by atoms with Gasteiger partial charge in [-0.1, -0.05) is 6.92 Å². The quantitative estimate of drug-likeness (QED) is 0.832. The molecular weight excluding hydrogens is 264 g/mol. The maximum Gasteiger partial charge on any atom is 0.242 e. The van der Waals surface area contributed by atoms with E-state index in [1.54, 1.807) is 0 Å². The highest BCUT2D eigenvalue weighted by atomic mass is 32.2. The Labute approximate surface area is 114 Å². The van der Waals surface area contributed by atoms with Gasteiger partial charge >= 0.3 is 0 Å². The van der Waals surface area contributed by atoms with E-state index in [1.807, 2.05) is 7.05 Å². The van der Waals surface area contributed by atoms with Crippen LogP contribution in [0, 0.1) is 5.92 Å². The lowest BCUT2D eigenvalue weighted by atomic mass is 9.95. The Balaban J connectivity index is 2.11. The fourth-order valence-corrected chi connectivity index (χ4v) is 3.67. The molecule has 19 heavy (non-hydrogen) atoms. The van der Waals surface area contributed by atoms with E-state index in [1.165, 1.54) is 18.3 Å². The van der Waals surface area contributed by atoms with Crippen molar-refractivity contribution in [1.29, 1.82) is 0 Å². The summed E-state index contributed by atoms with van der Waals surface area (Å²) in [7, 11) is -1.47. The normalized spacial score (nSPS) is 25.4. The Kier molecular flexibility index (Phi) is 4.07. The van der Waals surface area contributed by atoms with Gasteiger partial charge in [-0.05, 0) is 38.1 Å². The Morgan fingerprint density at radius 3 is 2.79 bits per heavy atom. The number of sulfonamides is 1. The van der Waals surface area contributed by atoms with Crippen LogP contribution in [0.25, 0.3) is 0 Å². The summed E-state index contributed by atoms with van der Waals surface area (Å²) in [6.45, 7) is 3.86. The topological polar surface area (TPSA) is 88.3 Å². The first-order valence-corrected chi connectivity index (χ1v) is 7.79. The van der Waals surface area contributed by atoms with Gasteiger partial charge in [0.2, 0.25) is 10.0 Å². The van der Waals surface area contributed by atoms with Crippen molar-refractivity contribution in [1.82, 2.24) is 14.6 Å². The van der Waals surface area contributed by atoms with Gasteiger partial charge in [-0.15, -0.1) is 0 Å². The van der Waals surface area contributed by atoms with Crippen LogP contribution in [0.4, 0.5) is 5.82 Å². The van der Waals surface area contributed by atoms with E-state index >= 15 is 0 Å². The summed E-state index contributed by atoms with van der Waals surface area (Å²) in [5.74, 6) is 0.599. The second-order valence-electron chi connectivity index (χ2n) is 5.17. The van der Waals surface area contributed by atoms with Crippen molar-refractivity contribution in [2.45, 2.75) is 24.3 Å². The molecule has 0 aromatic carbocycles. The number of nitrogens with zero attached hydrogens (tertiary/aromatic N) is 2. The van der Waals surface area contributed by atoms with Gasteiger partial charge in [0.15, 0.2) is 0 Å². The number of nitrogen functional groups attached to an aromatic ring is 1. The molecule has 0 radical (unpaired) electrons. The number of anilines is 1. The summed E-state index contributed by atoms with van der Waals surface area (Å²) >= 11 is 0. The lowest BCUT2D eigenvalue weighted by Gasteiger charge is -2.34. The van der Waals surface area contributed by atoms with Crippen LogP contribution < -0.4 is 10.5 Å². The second-order valence-corrected chi connectivity index (χ2v) is 6.89. The van der Waals surface area contributed by atoms with Crippen LogP contribution >= 0.6 is 0 Å². The minimum absolute atomic E-state index is 0.0289. The van der Waals surface area contributed by atoms with Crippen molar-refractivity contribution in [2.75, 3.05) is 25.9 Å². The Morgan fingerprint density at radius 1 is 1.47 bits per heavy atom. The van der Waals surface area contributed by atoms with Crippen molar-refractivity contribution in [3.05, 3.63) is 18.3 Å². The standard InChI is InChI=1S/C12H20N4O2S/c1-9-8-16(2)6-5-11(9)15-19(17,18)10-3-4-12(13)14-7-10/h3-4,7,9,11,15H,5-6,8H2,1-2H3,(H2,13,14). The summed E-state index contributed by atoms with van der Waals surface area (Å²) < 4.78 is 27.2. The first kappa shape index (κ1) is 14.2. The molecule has 1 fully saturated rings. The number of pyridine rings is 1. The van der Waals surface area contributed by atoms with E-state index in [9.17, 15) is 8.42 Å². The highest BCUT2D eigenvalue weighted by Crippen LogP contribution is 2.18. The molecule has 6 nitrogen and oxygen atoms in total. The largest absolute Gasteiger partial charge is 0.384 e. The van der Waals surface area contributed by atoms with Crippen LogP contribution in [0.1, 0.15) is 13.3 Å². The maximum absolute atomic E-state index is 12.2. The number of likely N-dealkylation sites (tertiary alicyclic amines) is 1. The highest BCUT2D eigenvalue weighted by molar-refractivity contribution is 7.89. The average molecular weight is 284 g/mol. The van der Waals surface area contributed by atoms with E-state index in [0.29, 0.717) is 5.82 Å². The van der Waals surface area contributed by atoms with Crippen molar-refractivity contribution < 1.29 is 8.42 Å². The molecular formula is C12H20N4O2S. The van der Waals surface area contributed by atoms with Gasteiger partial charge in [-0.2, -0.15) is 0 Å². The van der Waals surface area contributed by atoms with Crippen LogP contribution in [0.15, 0.2) is 23.2 Å². The molecule has 1 aromatic rings. The van der Waals surface area contributed by atoms with Crippen LogP contribution in [0.2, 0.25) is 0 Å². The van der Waals surface area contributed by atoms with Crippen molar-refractivity contribution in [3.63, 3.8) is 0 Å². The fourth-order valence-electron chi connectivity index (χ4n) is 2.35. The molecule has 1 aliphatic rings. The van der Waals surface area contributed by atoms with Crippen LogP contribution in [-0.2, 0) is 10.0 Å². The SMILES string of the molecule is CC1CN(C)CCC1NS(=O)(=O)c1ccc(N)nc1. The molecule has 0 saturated carbocycles. The summed E-state index contributed by atoms with van der Waals surface area (Å²) in [6, 6.07) is 2.94. The van der Waals surface area contributed by atoms with Crippen LogP contribution in [0.5, 0.6) is 0 Å². The molecule has 2 atom stereocenters. The zero-order chi connectivity index (χ0) is 14.0. The molecule has 1 aliphatic heterocycles. The minimum atomic E-state index is -3.51. The van der Waals surface area contributed by atoms with Crippen molar-refractivity contribution in [2.24, 2.45) is 5.92 Å². The Morgan fingerprint density at radius 2 is 2.21 bits per heavy atom. The lowest BCUT2D eigenvalue weighted by Crippen LogP contribution is -2.48. The Bertz CT molecular complexity index is 529. The van der Waals surface area contributed by atoms with Gasteiger partial charge in [0.05, 0.1) is 0 Å². The molecule has 0 aliphatic carbocycles. The molecule has 1 saturated heterocycles. The molecule has 2 rings (SSSR count). The molecule has 2 heterocycles. The predicted octanol–water partition coefficient (Wildman–Crippen LogP) is 0.282. The van der Waals surface area contributed by atoms with E-state index in [0.717, 1.165) is 19.5 Å². The average Bonchev–Trinajstić information content (AvgIpc) is 2.33. The number of hydrogen-bond donors (Lipinski definition) is 2. The van der Waals surface area contributed by atoms with Crippen LogP contribution in [-0.4, -0.2) is 44.5 Å². The van der Waals surface area contributed by atoms with Gasteiger partial charge < -0.3 is 10.6 Å². The summed E-state index contributed by atoms with van der Waals surface area (Å²) in [4.78, 5) is 6.19. The predicted molar refractivity (Wildman–Crippen MR) is 74.0 cm³/mol. The molecule has 0 spiro atoms. The van der Waals surface area contributed by atoms with E-state index in [4.69, 9.17) is 5.73 Å². The lowest BCUT2D eigenvalue weighted by molar-refractivity contribution is 0.188. The van der Waals surface area contributed by atoms with E-state index < -0.39 is 10.0 Å². The Hall–Kier alpha value is -1.18. The first-order chi connectivity index (χ1) is 8.88. The van der Waals surface area contributed by atoms with Gasteiger partial charge in [0.1, 0.15) is 10.7 Å². The smallest absolute Gasteiger partial charge is 0.242 e. The van der Waals surface area contributed by atoms with E-state index in [2.05, 4.69) is 21.5 Å². The third-order valence-corrected chi connectivity index (χ3v) is 4.96. The molecule has 0 amide bonds. The maximum atomic E-state index is 12.2. The van der Waals surface area contributed by atoms with Crippen molar-refractivity contribution in [3.8, 4) is 0 Å².